The van der Waals surface area contributed by atoms with Crippen LogP contribution >= 0.6 is 0 Å². The van der Waals surface area contributed by atoms with Gasteiger partial charge in [0.05, 0.1) is 0 Å². The Morgan fingerprint density at radius 1 is 1.33 bits per heavy atom. The van der Waals surface area contributed by atoms with Crippen molar-refractivity contribution in [2.24, 2.45) is 0 Å². The first-order valence-corrected chi connectivity index (χ1v) is 5.54. The molecule has 1 N–H and O–H groups in total. The van der Waals surface area contributed by atoms with Crippen LogP contribution in [0.3, 0.4) is 0 Å². The monoisotopic (exact) mass is 200 g/mol. The summed E-state index contributed by atoms with van der Waals surface area (Å²) in [5.74, 6) is 0. The molecular weight excluding hydrogens is 184 g/mol. The number of benzene rings is 1. The number of rotatable bonds is 0. The number of likely N-dealkylation sites (N-methyl/N-ethyl adjacent to an activating group) is 1. The van der Waals surface area contributed by atoms with Gasteiger partial charge in [-0.3, -0.25) is 4.90 Å². The topological polar surface area (TPSA) is 19.0 Å². The molecule has 2 heteroatoms. The maximum atomic E-state index is 3.53. The second-order valence-electron chi connectivity index (χ2n) is 4.60. The van der Waals surface area contributed by atoms with Crippen LogP contribution in [0.5, 0.6) is 0 Å². The predicted octanol–water partition coefficient (Wildman–Crippen LogP) is 2.54. The molecule has 1 aromatic carbocycles. The SMILES string of the molecule is C[C@H]1Cc2c([nH]c3ccccc23)CN1C. The predicted molar refractivity (Wildman–Crippen MR) is 62.9 cm³/mol. The summed E-state index contributed by atoms with van der Waals surface area (Å²) in [6.45, 7) is 3.34. The summed E-state index contributed by atoms with van der Waals surface area (Å²) in [7, 11) is 2.19. The van der Waals surface area contributed by atoms with E-state index in [1.54, 1.807) is 0 Å². The minimum absolute atomic E-state index is 0.650. The van der Waals surface area contributed by atoms with Crippen molar-refractivity contribution in [3.8, 4) is 0 Å². The quantitative estimate of drug-likeness (QED) is 0.692. The van der Waals surface area contributed by atoms with Gasteiger partial charge in [-0.05, 0) is 32.0 Å². The van der Waals surface area contributed by atoms with Crippen molar-refractivity contribution < 1.29 is 0 Å². The summed E-state index contributed by atoms with van der Waals surface area (Å²) in [6.07, 6.45) is 1.16. The molecule has 2 aromatic rings. The average Bonchev–Trinajstić information content (AvgIpc) is 2.57. The summed E-state index contributed by atoms with van der Waals surface area (Å²) >= 11 is 0. The number of H-pyrrole nitrogens is 1. The Bertz CT molecular complexity index is 498. The van der Waals surface area contributed by atoms with Crippen molar-refractivity contribution >= 4 is 10.9 Å². The van der Waals surface area contributed by atoms with Gasteiger partial charge in [-0.25, -0.2) is 0 Å². The molecule has 0 saturated carbocycles. The zero-order chi connectivity index (χ0) is 10.4. The van der Waals surface area contributed by atoms with E-state index in [2.05, 4.69) is 48.1 Å². The smallest absolute Gasteiger partial charge is 0.0459 e. The van der Waals surface area contributed by atoms with Gasteiger partial charge in [0.1, 0.15) is 0 Å². The molecule has 3 rings (SSSR count). The number of fused-ring (bicyclic) bond motifs is 3. The fraction of sp³-hybridized carbons (Fsp3) is 0.385. The maximum Gasteiger partial charge on any atom is 0.0459 e. The fourth-order valence-corrected chi connectivity index (χ4v) is 2.48. The van der Waals surface area contributed by atoms with Crippen LogP contribution < -0.4 is 0 Å². The molecule has 1 aliphatic rings. The zero-order valence-electron chi connectivity index (χ0n) is 9.25. The Hall–Kier alpha value is -1.28. The van der Waals surface area contributed by atoms with Crippen LogP contribution in [0.1, 0.15) is 18.2 Å². The molecule has 0 unspecified atom stereocenters. The van der Waals surface area contributed by atoms with Crippen LogP contribution in [0.4, 0.5) is 0 Å². The summed E-state index contributed by atoms with van der Waals surface area (Å²) in [6, 6.07) is 9.26. The second-order valence-corrected chi connectivity index (χ2v) is 4.60. The third-order valence-corrected chi connectivity index (χ3v) is 3.56. The highest BCUT2D eigenvalue weighted by molar-refractivity contribution is 5.84. The fourth-order valence-electron chi connectivity index (χ4n) is 2.48. The van der Waals surface area contributed by atoms with E-state index in [9.17, 15) is 0 Å². The van der Waals surface area contributed by atoms with Crippen molar-refractivity contribution in [2.45, 2.75) is 25.9 Å². The van der Waals surface area contributed by atoms with E-state index in [0.717, 1.165) is 13.0 Å². The molecule has 2 nitrogen and oxygen atoms in total. The van der Waals surface area contributed by atoms with Gasteiger partial charge in [-0.2, -0.15) is 0 Å². The largest absolute Gasteiger partial charge is 0.357 e. The average molecular weight is 200 g/mol. The van der Waals surface area contributed by atoms with Gasteiger partial charge in [0.15, 0.2) is 0 Å². The van der Waals surface area contributed by atoms with Crippen molar-refractivity contribution in [1.82, 2.24) is 9.88 Å². The molecule has 78 valence electrons. The van der Waals surface area contributed by atoms with E-state index in [4.69, 9.17) is 0 Å². The number of hydrogen-bond donors (Lipinski definition) is 1. The van der Waals surface area contributed by atoms with Crippen molar-refractivity contribution in [2.75, 3.05) is 7.05 Å². The standard InChI is InChI=1S/C13H16N2/c1-9-7-11-10-5-3-4-6-12(10)14-13(11)8-15(9)2/h3-6,9,14H,7-8H2,1-2H3/t9-/m0/s1. The number of nitrogens with zero attached hydrogens (tertiary/aromatic N) is 1. The minimum atomic E-state index is 0.650. The molecule has 2 heterocycles. The van der Waals surface area contributed by atoms with Crippen LogP contribution in [0.15, 0.2) is 24.3 Å². The van der Waals surface area contributed by atoms with E-state index in [0.29, 0.717) is 6.04 Å². The first-order chi connectivity index (χ1) is 7.25. The number of aromatic nitrogens is 1. The lowest BCUT2D eigenvalue weighted by molar-refractivity contribution is 0.229. The van der Waals surface area contributed by atoms with Gasteiger partial charge >= 0.3 is 0 Å². The molecular formula is C13H16N2. The van der Waals surface area contributed by atoms with Gasteiger partial charge in [0.2, 0.25) is 0 Å². The van der Waals surface area contributed by atoms with E-state index >= 15 is 0 Å². The van der Waals surface area contributed by atoms with E-state index in [-0.39, 0.29) is 0 Å². The third kappa shape index (κ3) is 1.29. The molecule has 0 aliphatic carbocycles. The Kier molecular flexibility index (Phi) is 1.86. The van der Waals surface area contributed by atoms with Crippen molar-refractivity contribution in [3.63, 3.8) is 0 Å². The summed E-state index contributed by atoms with van der Waals surface area (Å²) in [5.41, 5.74) is 4.21. The van der Waals surface area contributed by atoms with Crippen molar-refractivity contribution in [1.29, 1.82) is 0 Å². The van der Waals surface area contributed by atoms with Gasteiger partial charge < -0.3 is 4.98 Å². The number of nitrogens with one attached hydrogen (secondary N) is 1. The Balaban J connectivity index is 2.21. The number of hydrogen-bond acceptors (Lipinski definition) is 1. The third-order valence-electron chi connectivity index (χ3n) is 3.56. The van der Waals surface area contributed by atoms with Crippen molar-refractivity contribution in [3.05, 3.63) is 35.5 Å². The highest BCUT2D eigenvalue weighted by Crippen LogP contribution is 2.28. The molecule has 15 heavy (non-hydrogen) atoms. The molecule has 1 atom stereocenters. The lowest BCUT2D eigenvalue weighted by Crippen LogP contribution is -2.34. The normalized spacial score (nSPS) is 21.9. The molecule has 0 fully saturated rings. The lowest BCUT2D eigenvalue weighted by atomic mass is 9.98. The highest BCUT2D eigenvalue weighted by Gasteiger charge is 2.22. The second kappa shape index (κ2) is 3.11. The molecule has 0 radical (unpaired) electrons. The van der Waals surface area contributed by atoms with E-state index in [1.807, 2.05) is 0 Å². The summed E-state index contributed by atoms with van der Waals surface area (Å²) in [4.78, 5) is 5.93. The van der Waals surface area contributed by atoms with Gasteiger partial charge in [0.25, 0.3) is 0 Å². The molecule has 1 aromatic heterocycles. The van der Waals surface area contributed by atoms with Crippen LogP contribution in [0.25, 0.3) is 10.9 Å². The molecule has 0 saturated heterocycles. The molecule has 1 aliphatic heterocycles. The van der Waals surface area contributed by atoms with Gasteiger partial charge in [-0.15, -0.1) is 0 Å². The zero-order valence-corrected chi connectivity index (χ0v) is 9.25. The molecule has 0 bridgehead atoms. The number of para-hydroxylation sites is 1. The van der Waals surface area contributed by atoms with E-state index in [1.165, 1.54) is 22.2 Å². The Morgan fingerprint density at radius 2 is 2.13 bits per heavy atom. The van der Waals surface area contributed by atoms with Gasteiger partial charge in [-0.1, -0.05) is 18.2 Å². The van der Waals surface area contributed by atoms with Crippen LogP contribution in [-0.2, 0) is 13.0 Å². The molecule has 0 spiro atoms. The molecule has 0 amide bonds. The van der Waals surface area contributed by atoms with Crippen LogP contribution in [0, 0.1) is 0 Å². The highest BCUT2D eigenvalue weighted by atomic mass is 15.1. The first kappa shape index (κ1) is 8.98. The first-order valence-electron chi connectivity index (χ1n) is 5.54. The summed E-state index contributed by atoms with van der Waals surface area (Å²) in [5, 5.41) is 1.41. The summed E-state index contributed by atoms with van der Waals surface area (Å²) < 4.78 is 0. The van der Waals surface area contributed by atoms with Crippen LogP contribution in [0.2, 0.25) is 0 Å². The Labute approximate surface area is 89.9 Å². The lowest BCUT2D eigenvalue weighted by Gasteiger charge is -2.29. The van der Waals surface area contributed by atoms with Gasteiger partial charge in [0, 0.05) is 29.2 Å². The Morgan fingerprint density at radius 3 is 3.00 bits per heavy atom. The maximum absolute atomic E-state index is 3.53. The number of aromatic amines is 1. The van der Waals surface area contributed by atoms with E-state index < -0.39 is 0 Å². The van der Waals surface area contributed by atoms with Crippen LogP contribution in [-0.4, -0.2) is 23.0 Å². The minimum Gasteiger partial charge on any atom is -0.357 e.